The van der Waals surface area contributed by atoms with Crippen molar-refractivity contribution < 1.29 is 9.84 Å². The van der Waals surface area contributed by atoms with E-state index in [1.807, 2.05) is 73.3 Å². The zero-order valence-electron chi connectivity index (χ0n) is 18.9. The van der Waals surface area contributed by atoms with Gasteiger partial charge in [-0.25, -0.2) is 9.97 Å². The lowest BCUT2D eigenvalue weighted by atomic mass is 10.2. The third-order valence-corrected chi connectivity index (χ3v) is 5.33. The van der Waals surface area contributed by atoms with Gasteiger partial charge in [-0.05, 0) is 78.9 Å². The van der Waals surface area contributed by atoms with Gasteiger partial charge in [0.15, 0.2) is 0 Å². The Bertz CT molecular complexity index is 1100. The number of benzene rings is 2. The van der Waals surface area contributed by atoms with Crippen LogP contribution in [0.4, 0.5) is 23.0 Å². The van der Waals surface area contributed by atoms with Crippen LogP contribution in [0.5, 0.6) is 5.75 Å². The summed E-state index contributed by atoms with van der Waals surface area (Å²) in [5, 5.41) is 22.5. The molecule has 0 saturated carbocycles. The fraction of sp³-hybridized carbons (Fsp3) is 0.292. The number of aliphatic hydroxyl groups is 1. The second-order valence-electron chi connectivity index (χ2n) is 7.84. The molecule has 8 nitrogen and oxygen atoms in total. The van der Waals surface area contributed by atoms with Crippen LogP contribution in [0.3, 0.4) is 0 Å². The van der Waals surface area contributed by atoms with Gasteiger partial charge in [-0.15, -0.1) is 0 Å². The van der Waals surface area contributed by atoms with Crippen molar-refractivity contribution in [3.8, 4) is 11.8 Å². The average Bonchev–Trinajstić information content (AvgIpc) is 2.77. The molecule has 0 aliphatic heterocycles. The molecule has 1 aromatic heterocycles. The van der Waals surface area contributed by atoms with Crippen LogP contribution in [-0.2, 0) is 0 Å². The van der Waals surface area contributed by atoms with Gasteiger partial charge < -0.3 is 25.0 Å². The first kappa shape index (κ1) is 24.5. The van der Waals surface area contributed by atoms with Crippen LogP contribution < -0.4 is 15.0 Å². The van der Waals surface area contributed by atoms with Gasteiger partial charge in [-0.1, -0.05) is 6.07 Å². The summed E-state index contributed by atoms with van der Waals surface area (Å²) in [6.07, 6.45) is 0.912. The van der Waals surface area contributed by atoms with Gasteiger partial charge in [-0.3, -0.25) is 0 Å². The number of aryl methyl sites for hydroxylation is 1. The lowest BCUT2D eigenvalue weighted by Crippen LogP contribution is -2.30. The van der Waals surface area contributed by atoms with E-state index in [9.17, 15) is 10.4 Å². The number of anilines is 4. The van der Waals surface area contributed by atoms with E-state index < -0.39 is 6.10 Å². The molecule has 3 rings (SSSR count). The molecule has 1 heterocycles. The van der Waals surface area contributed by atoms with Crippen molar-refractivity contribution in [2.75, 3.05) is 44.0 Å². The van der Waals surface area contributed by atoms with E-state index in [0.29, 0.717) is 23.9 Å². The predicted molar refractivity (Wildman–Crippen MR) is 133 cm³/mol. The summed E-state index contributed by atoms with van der Waals surface area (Å²) in [7, 11) is 3.81. The lowest BCUT2D eigenvalue weighted by Gasteiger charge is -2.22. The molecule has 0 spiro atoms. The SMILES string of the molecule is Cc1ccc(N(CC#N)c2cc(Nc3ccc(OC[C@H](O)CN(C)C)cc3)ncn2)c(Br)c1. The highest BCUT2D eigenvalue weighted by Gasteiger charge is 2.15. The molecule has 0 amide bonds. The number of rotatable bonds is 10. The van der Waals surface area contributed by atoms with Crippen LogP contribution >= 0.6 is 15.9 Å². The first-order chi connectivity index (χ1) is 15.9. The van der Waals surface area contributed by atoms with Gasteiger partial charge in [0.05, 0.1) is 11.8 Å². The fourth-order valence-electron chi connectivity index (χ4n) is 3.20. The number of halogens is 1. The monoisotopic (exact) mass is 510 g/mol. The molecule has 0 fully saturated rings. The second kappa shape index (κ2) is 11.6. The Morgan fingerprint density at radius 2 is 1.91 bits per heavy atom. The van der Waals surface area contributed by atoms with Gasteiger partial charge >= 0.3 is 0 Å². The summed E-state index contributed by atoms with van der Waals surface area (Å²) in [5.74, 6) is 1.88. The van der Waals surface area contributed by atoms with E-state index in [-0.39, 0.29) is 13.2 Å². The standard InChI is InChI=1S/C24H27BrN6O2/c1-17-4-9-22(21(25)12-17)31(11-10-26)24-13-23(27-16-28-24)29-18-5-7-20(8-6-18)33-15-19(32)14-30(2)3/h4-9,12-13,16,19,32H,11,14-15H2,1-3H3,(H,27,28,29)/t19-/m1/s1. The summed E-state index contributed by atoms with van der Waals surface area (Å²) in [6.45, 7) is 2.92. The summed E-state index contributed by atoms with van der Waals surface area (Å²) < 4.78 is 6.53. The van der Waals surface area contributed by atoms with Gasteiger partial charge in [0.25, 0.3) is 0 Å². The number of aliphatic hydroxyl groups excluding tert-OH is 1. The summed E-state index contributed by atoms with van der Waals surface area (Å²) >= 11 is 3.59. The third kappa shape index (κ3) is 7.15. The molecular formula is C24H27BrN6O2. The third-order valence-electron chi connectivity index (χ3n) is 4.70. The lowest BCUT2D eigenvalue weighted by molar-refractivity contribution is 0.0831. The zero-order chi connectivity index (χ0) is 23.8. The van der Waals surface area contributed by atoms with Gasteiger partial charge in [0.2, 0.25) is 0 Å². The normalized spacial score (nSPS) is 11.7. The number of ether oxygens (including phenoxy) is 1. The highest BCUT2D eigenvalue weighted by Crippen LogP contribution is 2.32. The number of nitrogens with one attached hydrogen (secondary N) is 1. The van der Waals surface area contributed by atoms with Crippen molar-refractivity contribution in [3.63, 3.8) is 0 Å². The first-order valence-electron chi connectivity index (χ1n) is 10.4. The number of nitrogens with zero attached hydrogens (tertiary/aromatic N) is 5. The molecule has 33 heavy (non-hydrogen) atoms. The molecule has 172 valence electrons. The molecular weight excluding hydrogens is 484 g/mol. The minimum Gasteiger partial charge on any atom is -0.491 e. The van der Waals surface area contributed by atoms with Crippen molar-refractivity contribution in [2.24, 2.45) is 0 Å². The second-order valence-corrected chi connectivity index (χ2v) is 8.69. The average molecular weight is 511 g/mol. The number of nitriles is 1. The Balaban J connectivity index is 1.71. The number of likely N-dealkylation sites (N-methyl/N-ethyl adjacent to an activating group) is 1. The maximum Gasteiger partial charge on any atom is 0.139 e. The van der Waals surface area contributed by atoms with Crippen molar-refractivity contribution in [1.82, 2.24) is 14.9 Å². The molecule has 3 aromatic rings. The maximum atomic E-state index is 9.93. The molecule has 0 saturated heterocycles. The Labute approximate surface area is 202 Å². The van der Waals surface area contributed by atoms with E-state index in [2.05, 4.69) is 37.3 Å². The highest BCUT2D eigenvalue weighted by molar-refractivity contribution is 9.10. The van der Waals surface area contributed by atoms with Crippen molar-refractivity contribution in [3.05, 3.63) is 64.9 Å². The minimum atomic E-state index is -0.554. The molecule has 9 heteroatoms. The largest absolute Gasteiger partial charge is 0.491 e. The van der Waals surface area contributed by atoms with Crippen LogP contribution in [0, 0.1) is 18.3 Å². The van der Waals surface area contributed by atoms with Crippen molar-refractivity contribution in [2.45, 2.75) is 13.0 Å². The molecule has 1 atom stereocenters. The summed E-state index contributed by atoms with van der Waals surface area (Å²) in [5.41, 5.74) is 2.79. The summed E-state index contributed by atoms with van der Waals surface area (Å²) in [4.78, 5) is 12.4. The quantitative estimate of drug-likeness (QED) is 0.390. The summed E-state index contributed by atoms with van der Waals surface area (Å²) in [6, 6.07) is 17.4. The van der Waals surface area contributed by atoms with Crippen LogP contribution in [0.1, 0.15) is 5.56 Å². The number of hydrogen-bond donors (Lipinski definition) is 2. The minimum absolute atomic E-state index is 0.143. The molecule has 0 aliphatic rings. The van der Waals surface area contributed by atoms with Gasteiger partial charge in [0.1, 0.15) is 43.0 Å². The van der Waals surface area contributed by atoms with Crippen LogP contribution in [0.2, 0.25) is 0 Å². The Hall–Kier alpha value is -3.19. The molecule has 0 aliphatic carbocycles. The van der Waals surface area contributed by atoms with Gasteiger partial charge in [0, 0.05) is 22.8 Å². The smallest absolute Gasteiger partial charge is 0.139 e. The molecule has 0 unspecified atom stereocenters. The predicted octanol–water partition coefficient (Wildman–Crippen LogP) is 4.25. The van der Waals surface area contributed by atoms with E-state index in [0.717, 1.165) is 21.4 Å². The maximum absolute atomic E-state index is 9.93. The molecule has 2 aromatic carbocycles. The fourth-order valence-corrected chi connectivity index (χ4v) is 3.91. The van der Waals surface area contributed by atoms with E-state index in [1.54, 1.807) is 6.07 Å². The van der Waals surface area contributed by atoms with E-state index >= 15 is 0 Å². The Morgan fingerprint density at radius 1 is 1.15 bits per heavy atom. The highest BCUT2D eigenvalue weighted by atomic mass is 79.9. The topological polar surface area (TPSA) is 97.5 Å². The number of hydrogen-bond acceptors (Lipinski definition) is 8. The zero-order valence-corrected chi connectivity index (χ0v) is 20.5. The molecule has 0 bridgehead atoms. The van der Waals surface area contributed by atoms with E-state index in [1.165, 1.54) is 6.33 Å². The van der Waals surface area contributed by atoms with Crippen LogP contribution in [-0.4, -0.2) is 59.9 Å². The Morgan fingerprint density at radius 3 is 2.58 bits per heavy atom. The van der Waals surface area contributed by atoms with Gasteiger partial charge in [-0.2, -0.15) is 5.26 Å². The van der Waals surface area contributed by atoms with Crippen molar-refractivity contribution in [1.29, 1.82) is 5.26 Å². The number of aromatic nitrogens is 2. The molecule has 0 radical (unpaired) electrons. The first-order valence-corrected chi connectivity index (χ1v) is 11.2. The molecule has 2 N–H and O–H groups in total. The Kier molecular flexibility index (Phi) is 8.60. The van der Waals surface area contributed by atoms with E-state index in [4.69, 9.17) is 4.74 Å². The van der Waals surface area contributed by atoms with Crippen LogP contribution in [0.25, 0.3) is 0 Å². The van der Waals surface area contributed by atoms with Crippen molar-refractivity contribution >= 4 is 38.9 Å². The van der Waals surface area contributed by atoms with Crippen LogP contribution in [0.15, 0.2) is 59.3 Å².